The van der Waals surface area contributed by atoms with Gasteiger partial charge in [0.25, 0.3) is 0 Å². The van der Waals surface area contributed by atoms with E-state index in [4.69, 9.17) is 9.47 Å². The average Bonchev–Trinajstić information content (AvgIpc) is 2.99. The maximum absolute atomic E-state index is 12.3. The molecular formula is C25H44O5. The summed E-state index contributed by atoms with van der Waals surface area (Å²) < 4.78 is 10.8. The molecule has 1 aliphatic heterocycles. The number of allylic oxidation sites excluding steroid dienone is 1. The van der Waals surface area contributed by atoms with Gasteiger partial charge in [-0.1, -0.05) is 79.2 Å². The summed E-state index contributed by atoms with van der Waals surface area (Å²) in [4.78, 5) is 24.6. The first-order chi connectivity index (χ1) is 14.2. The van der Waals surface area contributed by atoms with Crippen LogP contribution in [0.25, 0.3) is 0 Å². The number of aliphatic hydroxyl groups excluding tert-OH is 1. The third-order valence-electron chi connectivity index (χ3n) is 6.20. The fourth-order valence-electron chi connectivity index (χ4n) is 4.27. The highest BCUT2D eigenvalue weighted by Gasteiger charge is 2.45. The molecule has 0 bridgehead atoms. The molecule has 0 aliphatic carbocycles. The number of unbranched alkanes of at least 4 members (excludes halogenated alkanes) is 6. The molecule has 1 N–H and O–H groups in total. The minimum Gasteiger partial charge on any atom is -0.466 e. The zero-order valence-electron chi connectivity index (χ0n) is 19.9. The summed E-state index contributed by atoms with van der Waals surface area (Å²) in [5.74, 6) is 0.676. The summed E-state index contributed by atoms with van der Waals surface area (Å²) in [5.41, 5.74) is -0.610. The first kappa shape index (κ1) is 26.7. The minimum atomic E-state index is -1.18. The van der Waals surface area contributed by atoms with Crippen molar-refractivity contribution in [2.75, 3.05) is 13.2 Å². The molecular weight excluding hydrogens is 380 g/mol. The third-order valence-corrected chi connectivity index (χ3v) is 6.20. The van der Waals surface area contributed by atoms with E-state index in [1.54, 1.807) is 0 Å². The van der Waals surface area contributed by atoms with Crippen molar-refractivity contribution >= 4 is 11.9 Å². The molecule has 1 unspecified atom stereocenters. The van der Waals surface area contributed by atoms with E-state index in [-0.39, 0.29) is 19.4 Å². The van der Waals surface area contributed by atoms with Gasteiger partial charge in [0, 0.05) is 12.0 Å². The number of rotatable bonds is 15. The number of aliphatic hydroxyl groups is 1. The second kappa shape index (κ2) is 13.8. The first-order valence-electron chi connectivity index (χ1n) is 11.9. The van der Waals surface area contributed by atoms with Crippen LogP contribution in [0.1, 0.15) is 98.8 Å². The Bertz CT molecular complexity index is 544. The fraction of sp³-hybridized carbons (Fsp3) is 0.840. The van der Waals surface area contributed by atoms with Crippen LogP contribution in [0.5, 0.6) is 0 Å². The van der Waals surface area contributed by atoms with Crippen molar-refractivity contribution < 1.29 is 24.2 Å². The van der Waals surface area contributed by atoms with Crippen LogP contribution in [0.4, 0.5) is 0 Å². The molecule has 0 aromatic heterocycles. The standard InChI is InChI=1S/C25H44O5/c1-6-7-8-9-10-11-12-15-29-23(27)17-25(18-26)16-21(24(28)30-25)13-14-22(19(2)3)20(4)5/h13,19-20,22,26H,6-12,14-18H2,1-5H3/b21-13+. The van der Waals surface area contributed by atoms with Crippen LogP contribution in [0.2, 0.25) is 0 Å². The normalized spacial score (nSPS) is 20.6. The van der Waals surface area contributed by atoms with Gasteiger partial charge in [0.2, 0.25) is 0 Å². The molecule has 1 fully saturated rings. The lowest BCUT2D eigenvalue weighted by atomic mass is 9.82. The van der Waals surface area contributed by atoms with Crippen molar-refractivity contribution in [2.24, 2.45) is 17.8 Å². The van der Waals surface area contributed by atoms with Gasteiger partial charge in [-0.15, -0.1) is 0 Å². The highest BCUT2D eigenvalue weighted by molar-refractivity contribution is 5.92. The van der Waals surface area contributed by atoms with Gasteiger partial charge in [-0.05, 0) is 30.6 Å². The zero-order valence-corrected chi connectivity index (χ0v) is 19.9. The molecule has 1 aliphatic rings. The number of carbonyl (C=O) groups is 2. The molecule has 0 spiro atoms. The summed E-state index contributed by atoms with van der Waals surface area (Å²) >= 11 is 0. The van der Waals surface area contributed by atoms with Gasteiger partial charge in [-0.2, -0.15) is 0 Å². The molecule has 30 heavy (non-hydrogen) atoms. The Morgan fingerprint density at radius 2 is 1.70 bits per heavy atom. The zero-order chi connectivity index (χ0) is 22.6. The lowest BCUT2D eigenvalue weighted by Gasteiger charge is -2.24. The Morgan fingerprint density at radius 1 is 1.10 bits per heavy atom. The molecule has 174 valence electrons. The first-order valence-corrected chi connectivity index (χ1v) is 11.9. The van der Waals surface area contributed by atoms with Gasteiger partial charge < -0.3 is 14.6 Å². The minimum absolute atomic E-state index is 0.0964. The molecule has 0 amide bonds. The molecule has 0 aromatic rings. The SMILES string of the molecule is CCCCCCCCCOC(=O)CC1(CO)C/C(=C\CC(C(C)C)C(C)C)C(=O)O1. The number of hydrogen-bond acceptors (Lipinski definition) is 5. The molecule has 5 heteroatoms. The van der Waals surface area contributed by atoms with Crippen LogP contribution < -0.4 is 0 Å². The van der Waals surface area contributed by atoms with E-state index in [0.29, 0.717) is 29.9 Å². The quantitative estimate of drug-likeness (QED) is 0.211. The van der Waals surface area contributed by atoms with Crippen LogP contribution in [0, 0.1) is 17.8 Å². The lowest BCUT2D eigenvalue weighted by Crippen LogP contribution is -2.36. The second-order valence-electron chi connectivity index (χ2n) is 9.54. The van der Waals surface area contributed by atoms with Crippen molar-refractivity contribution in [2.45, 2.75) is 104 Å². The maximum atomic E-state index is 12.3. The number of carbonyl (C=O) groups excluding carboxylic acids is 2. The van der Waals surface area contributed by atoms with Crippen LogP contribution in [-0.2, 0) is 19.1 Å². The smallest absolute Gasteiger partial charge is 0.334 e. The van der Waals surface area contributed by atoms with E-state index in [1.165, 1.54) is 25.7 Å². The summed E-state index contributed by atoms with van der Waals surface area (Å²) in [6, 6.07) is 0. The second-order valence-corrected chi connectivity index (χ2v) is 9.54. The predicted molar refractivity (Wildman–Crippen MR) is 120 cm³/mol. The summed E-state index contributed by atoms with van der Waals surface area (Å²) in [6.07, 6.45) is 11.0. The van der Waals surface area contributed by atoms with Gasteiger partial charge in [-0.3, -0.25) is 4.79 Å². The summed E-state index contributed by atoms with van der Waals surface area (Å²) in [7, 11) is 0. The molecule has 0 radical (unpaired) electrons. The van der Waals surface area contributed by atoms with E-state index in [0.717, 1.165) is 25.7 Å². The Morgan fingerprint density at radius 3 is 2.27 bits per heavy atom. The van der Waals surface area contributed by atoms with Gasteiger partial charge in [0.15, 0.2) is 5.60 Å². The molecule has 0 saturated carbocycles. The number of cyclic esters (lactones) is 1. The van der Waals surface area contributed by atoms with Crippen molar-refractivity contribution in [1.82, 2.24) is 0 Å². The lowest BCUT2D eigenvalue weighted by molar-refractivity contribution is -0.160. The topological polar surface area (TPSA) is 72.8 Å². The Kier molecular flexibility index (Phi) is 12.3. The van der Waals surface area contributed by atoms with E-state index in [2.05, 4.69) is 34.6 Å². The van der Waals surface area contributed by atoms with Gasteiger partial charge in [-0.25, -0.2) is 4.79 Å². The van der Waals surface area contributed by atoms with Crippen LogP contribution in [-0.4, -0.2) is 35.9 Å². The molecule has 1 atom stereocenters. The Labute approximate surface area is 183 Å². The predicted octanol–water partition coefficient (Wildman–Crippen LogP) is 5.59. The van der Waals surface area contributed by atoms with Crippen molar-refractivity contribution in [3.63, 3.8) is 0 Å². The maximum Gasteiger partial charge on any atom is 0.334 e. The van der Waals surface area contributed by atoms with Crippen LogP contribution in [0.15, 0.2) is 11.6 Å². The average molecular weight is 425 g/mol. The van der Waals surface area contributed by atoms with Gasteiger partial charge >= 0.3 is 11.9 Å². The molecule has 1 rings (SSSR count). The summed E-state index contributed by atoms with van der Waals surface area (Å²) in [6.45, 7) is 11.0. The molecule has 0 aromatic carbocycles. The molecule has 5 nitrogen and oxygen atoms in total. The fourth-order valence-corrected chi connectivity index (χ4v) is 4.27. The Hall–Kier alpha value is -1.36. The number of hydrogen-bond donors (Lipinski definition) is 1. The Balaban J connectivity index is 2.47. The van der Waals surface area contributed by atoms with Crippen LogP contribution >= 0.6 is 0 Å². The van der Waals surface area contributed by atoms with Crippen LogP contribution in [0.3, 0.4) is 0 Å². The van der Waals surface area contributed by atoms with E-state index < -0.39 is 17.5 Å². The highest BCUT2D eigenvalue weighted by atomic mass is 16.6. The molecule has 1 heterocycles. The van der Waals surface area contributed by atoms with E-state index in [9.17, 15) is 14.7 Å². The highest BCUT2D eigenvalue weighted by Crippen LogP contribution is 2.35. The molecule has 1 saturated heterocycles. The van der Waals surface area contributed by atoms with Gasteiger partial charge in [0.05, 0.1) is 19.6 Å². The third kappa shape index (κ3) is 9.20. The van der Waals surface area contributed by atoms with Crippen molar-refractivity contribution in [3.8, 4) is 0 Å². The largest absolute Gasteiger partial charge is 0.466 e. The monoisotopic (exact) mass is 424 g/mol. The van der Waals surface area contributed by atoms with Crippen molar-refractivity contribution in [3.05, 3.63) is 11.6 Å². The summed E-state index contributed by atoms with van der Waals surface area (Å²) in [5, 5.41) is 9.86. The van der Waals surface area contributed by atoms with Crippen molar-refractivity contribution in [1.29, 1.82) is 0 Å². The van der Waals surface area contributed by atoms with E-state index >= 15 is 0 Å². The number of ether oxygens (including phenoxy) is 2. The van der Waals surface area contributed by atoms with E-state index in [1.807, 2.05) is 6.08 Å². The van der Waals surface area contributed by atoms with Gasteiger partial charge in [0.1, 0.15) is 0 Å². The number of esters is 2.